The van der Waals surface area contributed by atoms with Crippen molar-refractivity contribution in [1.82, 2.24) is 0 Å². The van der Waals surface area contributed by atoms with Crippen LogP contribution in [0.15, 0.2) is 29.2 Å². The number of hydrogen-bond donors (Lipinski definition) is 0. The Morgan fingerprint density at radius 2 is 1.93 bits per heavy atom. The molecule has 1 nitrogen and oxygen atoms in total. The summed E-state index contributed by atoms with van der Waals surface area (Å²) in [6.07, 6.45) is 0. The zero-order valence-corrected chi connectivity index (χ0v) is 9.10. The van der Waals surface area contributed by atoms with Crippen molar-refractivity contribution in [2.45, 2.75) is 18.7 Å². The first-order valence-corrected chi connectivity index (χ1v) is 5.49. The molecule has 0 saturated heterocycles. The lowest BCUT2D eigenvalue weighted by molar-refractivity contribution is -0.119. The van der Waals surface area contributed by atoms with E-state index in [2.05, 4.69) is 0 Å². The average molecular weight is 212 g/mol. The van der Waals surface area contributed by atoms with Crippen LogP contribution in [0.1, 0.15) is 13.8 Å². The van der Waals surface area contributed by atoms with E-state index in [1.165, 1.54) is 23.9 Å². The van der Waals surface area contributed by atoms with Crippen LogP contribution in [0.3, 0.4) is 0 Å². The maximum atomic E-state index is 12.5. The first kappa shape index (κ1) is 11.2. The molecule has 0 unspecified atom stereocenters. The van der Waals surface area contributed by atoms with Gasteiger partial charge in [0.15, 0.2) is 0 Å². The number of carbonyl (C=O) groups is 1. The molecule has 1 rings (SSSR count). The normalized spacial score (nSPS) is 10.6. The van der Waals surface area contributed by atoms with Gasteiger partial charge in [0.2, 0.25) is 0 Å². The second-order valence-corrected chi connectivity index (χ2v) is 4.41. The van der Waals surface area contributed by atoms with Crippen LogP contribution in [0.5, 0.6) is 0 Å². The van der Waals surface area contributed by atoms with Crippen LogP contribution in [0.4, 0.5) is 4.39 Å². The van der Waals surface area contributed by atoms with E-state index in [0.29, 0.717) is 5.75 Å². The smallest absolute Gasteiger partial charge is 0.145 e. The quantitative estimate of drug-likeness (QED) is 0.713. The maximum absolute atomic E-state index is 12.5. The van der Waals surface area contributed by atoms with Crippen LogP contribution in [-0.4, -0.2) is 11.5 Å². The number of benzene rings is 1. The molecule has 0 aliphatic heterocycles. The molecule has 0 fully saturated rings. The van der Waals surface area contributed by atoms with Crippen molar-refractivity contribution < 1.29 is 9.18 Å². The highest BCUT2D eigenvalue weighted by atomic mass is 32.2. The van der Waals surface area contributed by atoms with E-state index in [9.17, 15) is 9.18 Å². The molecule has 76 valence electrons. The fourth-order valence-electron chi connectivity index (χ4n) is 0.852. The largest absolute Gasteiger partial charge is 0.298 e. The first-order valence-electron chi connectivity index (χ1n) is 4.50. The van der Waals surface area contributed by atoms with Gasteiger partial charge in [0.1, 0.15) is 11.6 Å². The Hall–Kier alpha value is -0.830. The highest BCUT2D eigenvalue weighted by Gasteiger charge is 2.07. The lowest BCUT2D eigenvalue weighted by atomic mass is 10.1. The third-order valence-corrected chi connectivity index (χ3v) is 2.87. The number of halogens is 1. The second-order valence-electron chi connectivity index (χ2n) is 3.36. The molecule has 0 aliphatic carbocycles. The van der Waals surface area contributed by atoms with Gasteiger partial charge >= 0.3 is 0 Å². The molecule has 0 atom stereocenters. The van der Waals surface area contributed by atoms with Crippen molar-refractivity contribution in [2.75, 3.05) is 5.75 Å². The molecule has 0 aromatic heterocycles. The molecule has 0 N–H and O–H groups in total. The van der Waals surface area contributed by atoms with Crippen LogP contribution in [0, 0.1) is 11.7 Å². The molecule has 0 bridgehead atoms. The molecule has 0 heterocycles. The van der Waals surface area contributed by atoms with Crippen molar-refractivity contribution >= 4 is 17.5 Å². The highest BCUT2D eigenvalue weighted by molar-refractivity contribution is 8.00. The lowest BCUT2D eigenvalue weighted by Gasteiger charge is -2.03. The van der Waals surface area contributed by atoms with E-state index < -0.39 is 0 Å². The van der Waals surface area contributed by atoms with Crippen molar-refractivity contribution in [3.8, 4) is 0 Å². The van der Waals surface area contributed by atoms with Gasteiger partial charge in [-0.25, -0.2) is 4.39 Å². The van der Waals surface area contributed by atoms with E-state index in [1.54, 1.807) is 12.1 Å². The van der Waals surface area contributed by atoms with Gasteiger partial charge in [-0.2, -0.15) is 0 Å². The van der Waals surface area contributed by atoms with Crippen LogP contribution >= 0.6 is 11.8 Å². The van der Waals surface area contributed by atoms with Gasteiger partial charge in [-0.05, 0) is 24.3 Å². The third kappa shape index (κ3) is 3.50. The standard InChI is InChI=1S/C11H13FOS/c1-8(2)11(13)7-14-10-5-3-9(12)4-6-10/h3-6,8H,7H2,1-2H3. The summed E-state index contributed by atoms with van der Waals surface area (Å²) in [6.45, 7) is 3.76. The minimum absolute atomic E-state index is 0.0722. The Bertz CT molecular complexity index is 306. The van der Waals surface area contributed by atoms with Gasteiger partial charge in [0.25, 0.3) is 0 Å². The first-order chi connectivity index (χ1) is 6.59. The van der Waals surface area contributed by atoms with E-state index in [0.717, 1.165) is 4.90 Å². The highest BCUT2D eigenvalue weighted by Crippen LogP contribution is 2.19. The van der Waals surface area contributed by atoms with E-state index in [-0.39, 0.29) is 17.5 Å². The van der Waals surface area contributed by atoms with Gasteiger partial charge in [-0.1, -0.05) is 13.8 Å². The van der Waals surface area contributed by atoms with Gasteiger partial charge in [-0.3, -0.25) is 4.79 Å². The van der Waals surface area contributed by atoms with Crippen molar-refractivity contribution in [1.29, 1.82) is 0 Å². The molecule has 1 aromatic carbocycles. The van der Waals surface area contributed by atoms with Gasteiger partial charge in [0, 0.05) is 10.8 Å². The number of hydrogen-bond acceptors (Lipinski definition) is 2. The van der Waals surface area contributed by atoms with Crippen LogP contribution in [-0.2, 0) is 4.79 Å². The minimum atomic E-state index is -0.246. The Morgan fingerprint density at radius 3 is 2.43 bits per heavy atom. The number of carbonyl (C=O) groups excluding carboxylic acids is 1. The van der Waals surface area contributed by atoms with Gasteiger partial charge in [-0.15, -0.1) is 11.8 Å². The Kier molecular flexibility index (Phi) is 4.14. The fourth-order valence-corrected chi connectivity index (χ4v) is 1.82. The average Bonchev–Trinajstić information content (AvgIpc) is 2.16. The monoisotopic (exact) mass is 212 g/mol. The van der Waals surface area contributed by atoms with E-state index in [1.807, 2.05) is 13.8 Å². The summed E-state index contributed by atoms with van der Waals surface area (Å²) in [7, 11) is 0. The third-order valence-electron chi connectivity index (χ3n) is 1.84. The minimum Gasteiger partial charge on any atom is -0.298 e. The van der Waals surface area contributed by atoms with Crippen molar-refractivity contribution in [3.63, 3.8) is 0 Å². The summed E-state index contributed by atoms with van der Waals surface area (Å²) in [5, 5.41) is 0. The van der Waals surface area contributed by atoms with Gasteiger partial charge in [0.05, 0.1) is 5.75 Å². The summed E-state index contributed by atoms with van der Waals surface area (Å²) in [6, 6.07) is 6.19. The lowest BCUT2D eigenvalue weighted by Crippen LogP contribution is -2.09. The Morgan fingerprint density at radius 1 is 1.36 bits per heavy atom. The van der Waals surface area contributed by atoms with Crippen LogP contribution < -0.4 is 0 Å². The number of Topliss-reactive ketones (excluding diaryl/α,β-unsaturated/α-hetero) is 1. The predicted molar refractivity (Wildman–Crippen MR) is 57.0 cm³/mol. The number of thioether (sulfide) groups is 1. The molecule has 0 radical (unpaired) electrons. The van der Waals surface area contributed by atoms with Crippen molar-refractivity contribution in [2.24, 2.45) is 5.92 Å². The summed E-state index contributed by atoms with van der Waals surface area (Å²) in [4.78, 5) is 12.2. The molecule has 0 amide bonds. The topological polar surface area (TPSA) is 17.1 Å². The zero-order valence-electron chi connectivity index (χ0n) is 8.29. The SMILES string of the molecule is CC(C)C(=O)CSc1ccc(F)cc1. The van der Waals surface area contributed by atoms with E-state index >= 15 is 0 Å². The molecule has 0 spiro atoms. The maximum Gasteiger partial charge on any atom is 0.145 e. The zero-order chi connectivity index (χ0) is 10.6. The van der Waals surface area contributed by atoms with Crippen LogP contribution in [0.25, 0.3) is 0 Å². The molecule has 14 heavy (non-hydrogen) atoms. The summed E-state index contributed by atoms with van der Waals surface area (Å²) >= 11 is 1.45. The molecule has 0 saturated carbocycles. The summed E-state index contributed by atoms with van der Waals surface area (Å²) in [5.41, 5.74) is 0. The molecular weight excluding hydrogens is 199 g/mol. The van der Waals surface area contributed by atoms with Crippen LogP contribution in [0.2, 0.25) is 0 Å². The molecule has 3 heteroatoms. The predicted octanol–water partition coefficient (Wildman–Crippen LogP) is 3.14. The summed E-state index contributed by atoms with van der Waals surface area (Å²) in [5.74, 6) is 0.510. The molecule has 0 aliphatic rings. The molecule has 1 aromatic rings. The van der Waals surface area contributed by atoms with Crippen molar-refractivity contribution in [3.05, 3.63) is 30.1 Å². The fraction of sp³-hybridized carbons (Fsp3) is 0.364. The second kappa shape index (κ2) is 5.15. The number of rotatable bonds is 4. The summed E-state index contributed by atoms with van der Waals surface area (Å²) < 4.78 is 12.5. The molecular formula is C11H13FOS. The number of ketones is 1. The van der Waals surface area contributed by atoms with Gasteiger partial charge < -0.3 is 0 Å². The van der Waals surface area contributed by atoms with E-state index in [4.69, 9.17) is 0 Å². The Balaban J connectivity index is 2.46. The Labute approximate surface area is 87.7 Å².